The molecule has 32 heavy (non-hydrogen) atoms. The summed E-state index contributed by atoms with van der Waals surface area (Å²) in [6.45, 7) is 8.32. The topological polar surface area (TPSA) is 55.8 Å². The molecule has 3 aromatic carbocycles. The van der Waals surface area contributed by atoms with Crippen LogP contribution >= 0.6 is 0 Å². The number of carbonyl (C=O) groups is 1. The first-order valence-electron chi connectivity index (χ1n) is 11.1. The monoisotopic (exact) mass is 432 g/mol. The average Bonchev–Trinajstić information content (AvgIpc) is 2.77. The lowest BCUT2D eigenvalue weighted by molar-refractivity contribution is -0.156. The van der Waals surface area contributed by atoms with Crippen LogP contribution in [0.4, 0.5) is 0 Å². The van der Waals surface area contributed by atoms with Gasteiger partial charge in [0.1, 0.15) is 23.7 Å². The molecule has 0 radical (unpaired) electrons. The highest BCUT2D eigenvalue weighted by molar-refractivity contribution is 5.70. The number of aryl methyl sites for hydroxylation is 2. The third kappa shape index (κ3) is 6.61. The van der Waals surface area contributed by atoms with Crippen LogP contribution < -0.4 is 4.74 Å². The van der Waals surface area contributed by atoms with Crippen molar-refractivity contribution in [2.75, 3.05) is 0 Å². The zero-order chi connectivity index (χ0) is 23.1. The molecule has 0 fully saturated rings. The van der Waals surface area contributed by atoms with Crippen LogP contribution in [0.5, 0.6) is 11.5 Å². The van der Waals surface area contributed by atoms with Crippen LogP contribution in [0.25, 0.3) is 11.1 Å². The maximum absolute atomic E-state index is 12.0. The van der Waals surface area contributed by atoms with Crippen LogP contribution in [-0.2, 0) is 22.6 Å². The van der Waals surface area contributed by atoms with Gasteiger partial charge in [0.05, 0.1) is 0 Å². The lowest BCUT2D eigenvalue weighted by Gasteiger charge is -2.23. The number of rotatable bonds is 9. The third-order valence-electron chi connectivity index (χ3n) is 5.64. The van der Waals surface area contributed by atoms with E-state index >= 15 is 0 Å². The minimum Gasteiger partial charge on any atom is -0.508 e. The number of benzene rings is 3. The van der Waals surface area contributed by atoms with Crippen LogP contribution in [0.1, 0.15) is 50.3 Å². The van der Waals surface area contributed by atoms with E-state index < -0.39 is 5.60 Å². The molecule has 0 saturated heterocycles. The summed E-state index contributed by atoms with van der Waals surface area (Å²) >= 11 is 0. The Morgan fingerprint density at radius 1 is 0.969 bits per heavy atom. The van der Waals surface area contributed by atoms with Gasteiger partial charge in [-0.3, -0.25) is 4.79 Å². The number of aromatic hydroxyl groups is 1. The lowest BCUT2D eigenvalue weighted by atomic mass is 9.99. The molecule has 0 saturated carbocycles. The number of phenols is 1. The van der Waals surface area contributed by atoms with E-state index in [0.29, 0.717) is 19.4 Å². The molecule has 1 N–H and O–H groups in total. The van der Waals surface area contributed by atoms with E-state index in [1.165, 1.54) is 0 Å². The number of hydrogen-bond donors (Lipinski definition) is 1. The molecule has 0 aliphatic heterocycles. The molecule has 0 heterocycles. The Morgan fingerprint density at radius 2 is 1.72 bits per heavy atom. The van der Waals surface area contributed by atoms with E-state index in [-0.39, 0.29) is 11.7 Å². The molecule has 3 aromatic rings. The SMILES string of the molecule is CCC(C)(C)OC(=O)CCc1ccc(OCc2cccc(-c3ccc(O)cc3C)c2)cc1. The van der Waals surface area contributed by atoms with Crippen molar-refractivity contribution in [1.29, 1.82) is 0 Å². The Morgan fingerprint density at radius 3 is 2.41 bits per heavy atom. The quantitative estimate of drug-likeness (QED) is 0.387. The van der Waals surface area contributed by atoms with E-state index in [2.05, 4.69) is 12.1 Å². The Labute approximate surface area is 190 Å². The van der Waals surface area contributed by atoms with Crippen molar-refractivity contribution in [1.82, 2.24) is 0 Å². The number of phenolic OH excluding ortho intramolecular Hbond substituents is 1. The molecular formula is C28H32O4. The maximum atomic E-state index is 12.0. The van der Waals surface area contributed by atoms with Gasteiger partial charge in [-0.15, -0.1) is 0 Å². The summed E-state index contributed by atoms with van der Waals surface area (Å²) in [5.74, 6) is 0.895. The molecule has 0 spiro atoms. The van der Waals surface area contributed by atoms with Crippen LogP contribution in [0, 0.1) is 6.92 Å². The van der Waals surface area contributed by atoms with Gasteiger partial charge in [-0.1, -0.05) is 43.3 Å². The normalized spacial score (nSPS) is 11.2. The molecule has 0 atom stereocenters. The predicted molar refractivity (Wildman–Crippen MR) is 128 cm³/mol. The van der Waals surface area contributed by atoms with Crippen LogP contribution in [0.15, 0.2) is 66.7 Å². The molecule has 0 aromatic heterocycles. The number of ether oxygens (including phenoxy) is 2. The Kier molecular flexibility index (Phi) is 7.57. The molecule has 4 nitrogen and oxygen atoms in total. The highest BCUT2D eigenvalue weighted by atomic mass is 16.6. The minimum atomic E-state index is -0.410. The fourth-order valence-electron chi connectivity index (χ4n) is 3.40. The van der Waals surface area contributed by atoms with Gasteiger partial charge >= 0.3 is 5.97 Å². The third-order valence-corrected chi connectivity index (χ3v) is 5.64. The van der Waals surface area contributed by atoms with Gasteiger partial charge in [0, 0.05) is 6.42 Å². The fourth-order valence-corrected chi connectivity index (χ4v) is 3.40. The van der Waals surface area contributed by atoms with E-state index in [4.69, 9.17) is 9.47 Å². The molecule has 168 valence electrons. The van der Waals surface area contributed by atoms with Crippen LogP contribution in [0.2, 0.25) is 0 Å². The maximum Gasteiger partial charge on any atom is 0.306 e. The summed E-state index contributed by atoms with van der Waals surface area (Å²) in [5, 5.41) is 9.64. The second-order valence-electron chi connectivity index (χ2n) is 8.72. The largest absolute Gasteiger partial charge is 0.508 e. The number of esters is 1. The second kappa shape index (κ2) is 10.4. The second-order valence-corrected chi connectivity index (χ2v) is 8.72. The lowest BCUT2D eigenvalue weighted by Crippen LogP contribution is -2.27. The Balaban J connectivity index is 1.55. The summed E-state index contributed by atoms with van der Waals surface area (Å²) in [5.41, 5.74) is 4.95. The molecule has 0 unspecified atom stereocenters. The fraction of sp³-hybridized carbons (Fsp3) is 0.321. The predicted octanol–water partition coefficient (Wildman–Crippen LogP) is 6.61. The highest BCUT2D eigenvalue weighted by Crippen LogP contribution is 2.27. The Bertz CT molecular complexity index is 1050. The summed E-state index contributed by atoms with van der Waals surface area (Å²) in [7, 11) is 0. The van der Waals surface area contributed by atoms with Crippen molar-refractivity contribution in [2.24, 2.45) is 0 Å². The first kappa shape index (κ1) is 23.4. The van der Waals surface area contributed by atoms with Gasteiger partial charge in [0.2, 0.25) is 0 Å². The van der Waals surface area contributed by atoms with Crippen LogP contribution in [-0.4, -0.2) is 16.7 Å². The van der Waals surface area contributed by atoms with Crippen LogP contribution in [0.3, 0.4) is 0 Å². The highest BCUT2D eigenvalue weighted by Gasteiger charge is 2.19. The molecule has 0 bridgehead atoms. The summed E-state index contributed by atoms with van der Waals surface area (Å²) < 4.78 is 11.5. The zero-order valence-corrected chi connectivity index (χ0v) is 19.4. The smallest absolute Gasteiger partial charge is 0.306 e. The van der Waals surface area contributed by atoms with Gasteiger partial charge in [-0.25, -0.2) is 0 Å². The van der Waals surface area contributed by atoms with E-state index in [0.717, 1.165) is 40.0 Å². The van der Waals surface area contributed by atoms with Crippen molar-refractivity contribution >= 4 is 5.97 Å². The van der Waals surface area contributed by atoms with Gasteiger partial charge in [-0.05, 0) is 91.8 Å². The number of hydrogen-bond acceptors (Lipinski definition) is 4. The standard InChI is InChI=1S/C28H32O4/c1-5-28(3,4)32-27(30)16-11-21-9-13-25(14-10-21)31-19-22-7-6-8-23(18-22)26-15-12-24(29)17-20(26)2/h6-10,12-15,17-18,29H,5,11,16,19H2,1-4H3. The first-order valence-corrected chi connectivity index (χ1v) is 11.1. The van der Waals surface area contributed by atoms with E-state index in [9.17, 15) is 9.90 Å². The Hall–Kier alpha value is -3.27. The van der Waals surface area contributed by atoms with E-state index in [1.54, 1.807) is 12.1 Å². The van der Waals surface area contributed by atoms with Crippen molar-refractivity contribution in [2.45, 2.75) is 59.2 Å². The molecule has 3 rings (SSSR count). The average molecular weight is 433 g/mol. The molecule has 0 aliphatic carbocycles. The zero-order valence-electron chi connectivity index (χ0n) is 19.4. The molecule has 0 amide bonds. The van der Waals surface area contributed by atoms with E-state index in [1.807, 2.05) is 70.2 Å². The van der Waals surface area contributed by atoms with Gasteiger partial charge in [-0.2, -0.15) is 0 Å². The molecular weight excluding hydrogens is 400 g/mol. The van der Waals surface area contributed by atoms with Crippen molar-refractivity contribution in [3.63, 3.8) is 0 Å². The van der Waals surface area contributed by atoms with Gasteiger partial charge in [0.25, 0.3) is 0 Å². The van der Waals surface area contributed by atoms with Gasteiger partial charge in [0.15, 0.2) is 0 Å². The summed E-state index contributed by atoms with van der Waals surface area (Å²) in [6.07, 6.45) is 1.81. The van der Waals surface area contributed by atoms with Crippen molar-refractivity contribution in [3.8, 4) is 22.6 Å². The van der Waals surface area contributed by atoms with Gasteiger partial charge < -0.3 is 14.6 Å². The molecule has 4 heteroatoms. The summed E-state index contributed by atoms with van der Waals surface area (Å²) in [4.78, 5) is 12.0. The van der Waals surface area contributed by atoms with Crippen molar-refractivity contribution in [3.05, 3.63) is 83.4 Å². The van der Waals surface area contributed by atoms with Crippen molar-refractivity contribution < 1.29 is 19.4 Å². The summed E-state index contributed by atoms with van der Waals surface area (Å²) in [6, 6.07) is 21.5. The first-order chi connectivity index (χ1) is 15.3. The minimum absolute atomic E-state index is 0.166. The molecule has 0 aliphatic rings. The number of carbonyl (C=O) groups excluding carboxylic acids is 1.